The standard InChI is InChI=1S/C8H8BrIN2OS/c1-13-8-3-2-6(4-7(8)9)5-11-12-14-10/h2-5,12H,1H3/b11-5+. The van der Waals surface area contributed by atoms with Gasteiger partial charge in [-0.3, -0.25) is 0 Å². The number of hydrogen-bond acceptors (Lipinski definition) is 4. The van der Waals surface area contributed by atoms with Gasteiger partial charge < -0.3 is 4.74 Å². The molecule has 0 heterocycles. The maximum Gasteiger partial charge on any atom is 0.133 e. The van der Waals surface area contributed by atoms with Crippen LogP contribution < -0.4 is 9.57 Å². The quantitative estimate of drug-likeness (QED) is 0.372. The second-order valence-corrected chi connectivity index (χ2v) is 4.83. The summed E-state index contributed by atoms with van der Waals surface area (Å²) in [6, 6.07) is 5.77. The van der Waals surface area contributed by atoms with Gasteiger partial charge in [0.1, 0.15) is 5.75 Å². The van der Waals surface area contributed by atoms with Crippen LogP contribution in [0.2, 0.25) is 0 Å². The van der Waals surface area contributed by atoms with Crippen molar-refractivity contribution >= 4 is 52.5 Å². The van der Waals surface area contributed by atoms with Gasteiger partial charge in [0, 0.05) is 30.3 Å². The van der Waals surface area contributed by atoms with Gasteiger partial charge in [0.25, 0.3) is 0 Å². The van der Waals surface area contributed by atoms with Crippen molar-refractivity contribution in [2.45, 2.75) is 0 Å². The van der Waals surface area contributed by atoms with Crippen molar-refractivity contribution in [1.82, 2.24) is 4.83 Å². The molecule has 1 rings (SSSR count). The van der Waals surface area contributed by atoms with E-state index in [0.29, 0.717) is 0 Å². The fraction of sp³-hybridized carbons (Fsp3) is 0.125. The second kappa shape index (κ2) is 6.52. The fourth-order valence-corrected chi connectivity index (χ4v) is 1.88. The van der Waals surface area contributed by atoms with Crippen LogP contribution in [0.25, 0.3) is 0 Å². The zero-order valence-corrected chi connectivity index (χ0v) is 11.9. The van der Waals surface area contributed by atoms with E-state index in [9.17, 15) is 0 Å². The summed E-state index contributed by atoms with van der Waals surface area (Å²) in [5.41, 5.74) is 1.01. The lowest BCUT2D eigenvalue weighted by Gasteiger charge is -2.02. The van der Waals surface area contributed by atoms with Gasteiger partial charge >= 0.3 is 0 Å². The molecule has 0 spiro atoms. The monoisotopic (exact) mass is 386 g/mol. The molecule has 0 aromatic heterocycles. The molecule has 76 valence electrons. The molecule has 0 amide bonds. The van der Waals surface area contributed by atoms with Gasteiger partial charge in [0.2, 0.25) is 0 Å². The van der Waals surface area contributed by atoms with Crippen LogP contribution >= 0.6 is 46.3 Å². The lowest BCUT2D eigenvalue weighted by Crippen LogP contribution is -1.91. The highest BCUT2D eigenvalue weighted by Gasteiger charge is 1.98. The smallest absolute Gasteiger partial charge is 0.133 e. The highest BCUT2D eigenvalue weighted by atomic mass is 127. The molecular formula is C8H8BrIN2OS. The van der Waals surface area contributed by atoms with E-state index in [-0.39, 0.29) is 0 Å². The number of hydrogen-bond donors (Lipinski definition) is 1. The molecule has 0 saturated carbocycles. The van der Waals surface area contributed by atoms with Gasteiger partial charge in [-0.25, -0.2) is 4.83 Å². The number of benzene rings is 1. The van der Waals surface area contributed by atoms with Gasteiger partial charge in [-0.2, -0.15) is 5.10 Å². The van der Waals surface area contributed by atoms with E-state index in [1.165, 1.54) is 9.12 Å². The first-order valence-electron chi connectivity index (χ1n) is 3.67. The topological polar surface area (TPSA) is 33.6 Å². The van der Waals surface area contributed by atoms with E-state index in [4.69, 9.17) is 4.74 Å². The van der Waals surface area contributed by atoms with Crippen LogP contribution in [-0.4, -0.2) is 13.3 Å². The predicted molar refractivity (Wildman–Crippen MR) is 73.0 cm³/mol. The van der Waals surface area contributed by atoms with Crippen LogP contribution in [0.15, 0.2) is 27.8 Å². The number of ether oxygens (including phenoxy) is 1. The number of methoxy groups -OCH3 is 1. The van der Waals surface area contributed by atoms with Crippen molar-refractivity contribution < 1.29 is 4.74 Å². The molecule has 0 radical (unpaired) electrons. The molecule has 1 N–H and O–H groups in total. The Bertz CT molecular complexity index is 335. The summed E-state index contributed by atoms with van der Waals surface area (Å²) >= 11 is 5.51. The van der Waals surface area contributed by atoms with E-state index in [1.807, 2.05) is 18.2 Å². The van der Waals surface area contributed by atoms with Crippen molar-refractivity contribution in [1.29, 1.82) is 0 Å². The molecule has 1 aromatic rings. The van der Waals surface area contributed by atoms with Gasteiger partial charge in [-0.1, -0.05) is 0 Å². The van der Waals surface area contributed by atoms with Crippen molar-refractivity contribution in [2.24, 2.45) is 5.10 Å². The molecule has 6 heteroatoms. The largest absolute Gasteiger partial charge is 0.496 e. The van der Waals surface area contributed by atoms with Crippen molar-refractivity contribution in [3.05, 3.63) is 28.2 Å². The number of nitrogens with one attached hydrogen (secondary N) is 1. The molecule has 14 heavy (non-hydrogen) atoms. The average molecular weight is 387 g/mol. The average Bonchev–Trinajstić information content (AvgIpc) is 2.18. The normalized spacial score (nSPS) is 10.5. The molecule has 0 aliphatic heterocycles. The molecule has 0 fully saturated rings. The Morgan fingerprint density at radius 1 is 1.64 bits per heavy atom. The Balaban J connectivity index is 2.76. The Morgan fingerprint density at radius 3 is 3.00 bits per heavy atom. The van der Waals surface area contributed by atoms with Crippen molar-refractivity contribution in [3.8, 4) is 5.75 Å². The minimum atomic E-state index is 0.818. The summed E-state index contributed by atoms with van der Waals surface area (Å²) in [4.78, 5) is 2.77. The number of halogens is 2. The lowest BCUT2D eigenvalue weighted by molar-refractivity contribution is 0.412. The van der Waals surface area contributed by atoms with Gasteiger partial charge in [0.05, 0.1) is 17.8 Å². The summed E-state index contributed by atoms with van der Waals surface area (Å²) in [5.74, 6) is 0.818. The maximum absolute atomic E-state index is 5.11. The molecule has 0 saturated heterocycles. The molecule has 1 aromatic carbocycles. The highest BCUT2D eigenvalue weighted by Crippen LogP contribution is 2.24. The lowest BCUT2D eigenvalue weighted by atomic mass is 10.2. The second-order valence-electron chi connectivity index (χ2n) is 2.32. The Morgan fingerprint density at radius 2 is 2.43 bits per heavy atom. The summed E-state index contributed by atoms with van der Waals surface area (Å²) in [7, 11) is 3.06. The number of rotatable bonds is 4. The highest BCUT2D eigenvalue weighted by molar-refractivity contribution is 14.2. The molecule has 3 nitrogen and oxygen atoms in total. The maximum atomic E-state index is 5.11. The fourth-order valence-electron chi connectivity index (χ4n) is 0.884. The van der Waals surface area contributed by atoms with E-state index < -0.39 is 0 Å². The predicted octanol–water partition coefficient (Wildman–Crippen LogP) is 3.38. The van der Waals surface area contributed by atoms with Gasteiger partial charge in [-0.05, 0) is 39.7 Å². The molecule has 0 aliphatic rings. The third-order valence-corrected chi connectivity index (χ3v) is 2.86. The van der Waals surface area contributed by atoms with Gasteiger partial charge in [0.15, 0.2) is 0 Å². The molecule has 0 atom stereocenters. The first kappa shape index (κ1) is 12.1. The minimum Gasteiger partial charge on any atom is -0.496 e. The van der Waals surface area contributed by atoms with Gasteiger partial charge in [-0.15, -0.1) is 0 Å². The van der Waals surface area contributed by atoms with Crippen LogP contribution in [0.4, 0.5) is 0 Å². The van der Waals surface area contributed by atoms with E-state index in [1.54, 1.807) is 13.3 Å². The van der Waals surface area contributed by atoms with E-state index in [0.717, 1.165) is 15.8 Å². The van der Waals surface area contributed by atoms with Crippen LogP contribution in [0.3, 0.4) is 0 Å². The van der Waals surface area contributed by atoms with Crippen LogP contribution in [0.1, 0.15) is 5.56 Å². The molecular weight excluding hydrogens is 379 g/mol. The summed E-state index contributed by atoms with van der Waals surface area (Å²) in [5, 5.41) is 3.98. The third-order valence-electron chi connectivity index (χ3n) is 1.48. The molecule has 0 unspecified atom stereocenters. The van der Waals surface area contributed by atoms with Crippen LogP contribution in [-0.2, 0) is 0 Å². The van der Waals surface area contributed by atoms with Crippen molar-refractivity contribution in [3.63, 3.8) is 0 Å². The summed E-state index contributed by atoms with van der Waals surface area (Å²) in [6.45, 7) is 0. The first-order valence-corrected chi connectivity index (χ1v) is 7.82. The Kier molecular flexibility index (Phi) is 5.64. The minimum absolute atomic E-state index is 0.818. The first-order chi connectivity index (χ1) is 6.77. The number of nitrogens with zero attached hydrogens (tertiary/aromatic N) is 1. The zero-order valence-electron chi connectivity index (χ0n) is 7.33. The third kappa shape index (κ3) is 3.66. The molecule has 0 aliphatic carbocycles. The van der Waals surface area contributed by atoms with Crippen LogP contribution in [0, 0.1) is 0 Å². The summed E-state index contributed by atoms with van der Waals surface area (Å²) < 4.78 is 6.04. The Labute approximate surface area is 108 Å². The van der Waals surface area contributed by atoms with Crippen LogP contribution in [0.5, 0.6) is 5.75 Å². The Hall–Kier alpha value is 0.0500. The van der Waals surface area contributed by atoms with Crippen molar-refractivity contribution in [2.75, 3.05) is 7.11 Å². The molecule has 0 bridgehead atoms. The number of hydrazone groups is 1. The van der Waals surface area contributed by atoms with E-state index in [2.05, 4.69) is 47.1 Å². The SMILES string of the molecule is COc1ccc(/C=N/NSI)cc1Br. The zero-order chi connectivity index (χ0) is 10.4. The summed E-state index contributed by atoms with van der Waals surface area (Å²) in [6.07, 6.45) is 1.75. The van der Waals surface area contributed by atoms with E-state index >= 15 is 0 Å².